The molecule has 3 rings (SSSR count). The zero-order chi connectivity index (χ0) is 22.2. The number of carbonyl (C=O) groups excluding carboxylic acids is 4. The fraction of sp³-hybridized carbons (Fsp3) is 0.368. The van der Waals surface area contributed by atoms with E-state index in [1.807, 2.05) is 0 Å². The summed E-state index contributed by atoms with van der Waals surface area (Å²) in [5.74, 6) is -1.83. The van der Waals surface area contributed by atoms with Gasteiger partial charge in [-0.15, -0.1) is 0 Å². The molecule has 1 aromatic carbocycles. The number of anilines is 1. The summed E-state index contributed by atoms with van der Waals surface area (Å²) in [6.45, 7) is 1.11. The molecule has 12 nitrogen and oxygen atoms in total. The third kappa shape index (κ3) is 5.59. The molecule has 1 aromatic rings. The van der Waals surface area contributed by atoms with Crippen LogP contribution in [0.2, 0.25) is 0 Å². The summed E-state index contributed by atoms with van der Waals surface area (Å²) in [5, 5.41) is 8.37. The second-order valence-corrected chi connectivity index (χ2v) is 6.61. The van der Waals surface area contributed by atoms with E-state index in [-0.39, 0.29) is 31.7 Å². The molecule has 0 saturated carbocycles. The number of rotatable bonds is 10. The number of carbonyl (C=O) groups is 4. The minimum atomic E-state index is -1.01. The maximum atomic E-state index is 12.7. The number of amides is 4. The maximum Gasteiger partial charge on any atom is 0.278 e. The highest BCUT2D eigenvalue weighted by atomic mass is 16.5. The molecule has 2 heterocycles. The number of ether oxygens (including phenoxy) is 2. The van der Waals surface area contributed by atoms with Gasteiger partial charge in [-0.3, -0.25) is 29.4 Å². The zero-order valence-electron chi connectivity index (χ0n) is 16.4. The summed E-state index contributed by atoms with van der Waals surface area (Å²) in [5.41, 5.74) is 8.71. The highest BCUT2D eigenvalue weighted by molar-refractivity contribution is 6.20. The topological polar surface area (TPSA) is 163 Å². The van der Waals surface area contributed by atoms with Crippen LogP contribution < -0.4 is 15.4 Å². The minimum absolute atomic E-state index is 0.0215. The Morgan fingerprint density at radius 2 is 2.06 bits per heavy atom. The van der Waals surface area contributed by atoms with E-state index >= 15 is 0 Å². The van der Waals surface area contributed by atoms with Gasteiger partial charge in [-0.1, -0.05) is 11.2 Å². The van der Waals surface area contributed by atoms with Crippen LogP contribution in [0.3, 0.4) is 0 Å². The Balaban J connectivity index is 1.54. The summed E-state index contributed by atoms with van der Waals surface area (Å²) in [6, 6.07) is 5.75. The largest absolute Gasteiger partial charge is 0.491 e. The van der Waals surface area contributed by atoms with Crippen LogP contribution >= 0.6 is 0 Å². The Bertz CT molecular complexity index is 970. The van der Waals surface area contributed by atoms with Gasteiger partial charge in [-0.25, -0.2) is 0 Å². The lowest BCUT2D eigenvalue weighted by atomic mass is 10.0. The first-order chi connectivity index (χ1) is 15.0. The van der Waals surface area contributed by atoms with Gasteiger partial charge in [-0.2, -0.15) is 0 Å². The Kier molecular flexibility index (Phi) is 7.20. The molecule has 4 amide bonds. The molecule has 12 heteroatoms. The third-order valence-electron chi connectivity index (χ3n) is 4.48. The Labute approximate surface area is 176 Å². The number of azide groups is 1. The van der Waals surface area contributed by atoms with Gasteiger partial charge >= 0.3 is 0 Å². The van der Waals surface area contributed by atoms with E-state index < -0.39 is 29.7 Å². The first-order valence-electron chi connectivity index (χ1n) is 9.51. The van der Waals surface area contributed by atoms with Gasteiger partial charge in [-0.05, 0) is 24.1 Å². The SMILES string of the molecule is [N-]=[N+]=NCCOCCOc1cccc(NC2=CC(=O)N(C3CCC(=O)NC3=O)C2=O)c1. The highest BCUT2D eigenvalue weighted by Crippen LogP contribution is 2.24. The fourth-order valence-corrected chi connectivity index (χ4v) is 3.09. The van der Waals surface area contributed by atoms with E-state index in [1.54, 1.807) is 24.3 Å². The first kappa shape index (κ1) is 21.8. The van der Waals surface area contributed by atoms with Gasteiger partial charge < -0.3 is 14.8 Å². The number of nitrogens with one attached hydrogen (secondary N) is 2. The van der Waals surface area contributed by atoms with Crippen molar-refractivity contribution >= 4 is 29.3 Å². The van der Waals surface area contributed by atoms with Crippen molar-refractivity contribution in [1.82, 2.24) is 10.2 Å². The van der Waals surface area contributed by atoms with Gasteiger partial charge in [0.15, 0.2) is 0 Å². The monoisotopic (exact) mass is 428 g/mol. The van der Waals surface area contributed by atoms with Crippen LogP contribution in [0.4, 0.5) is 5.69 Å². The van der Waals surface area contributed by atoms with Crippen LogP contribution in [0, 0.1) is 0 Å². The minimum Gasteiger partial charge on any atom is -0.491 e. The van der Waals surface area contributed by atoms with Crippen molar-refractivity contribution in [2.75, 3.05) is 31.7 Å². The quantitative estimate of drug-likeness (QED) is 0.183. The third-order valence-corrected chi connectivity index (χ3v) is 4.48. The molecule has 2 aliphatic rings. The average molecular weight is 428 g/mol. The van der Waals surface area contributed by atoms with E-state index in [9.17, 15) is 19.2 Å². The van der Waals surface area contributed by atoms with Crippen molar-refractivity contribution < 1.29 is 28.7 Å². The van der Waals surface area contributed by atoms with Crippen LogP contribution in [0.5, 0.6) is 5.75 Å². The van der Waals surface area contributed by atoms with E-state index in [1.165, 1.54) is 0 Å². The van der Waals surface area contributed by atoms with E-state index in [0.29, 0.717) is 24.7 Å². The summed E-state index contributed by atoms with van der Waals surface area (Å²) >= 11 is 0. The number of hydrogen-bond acceptors (Lipinski definition) is 8. The van der Waals surface area contributed by atoms with Gasteiger partial charge in [0.25, 0.3) is 11.8 Å². The van der Waals surface area contributed by atoms with Crippen LogP contribution in [0.15, 0.2) is 41.2 Å². The highest BCUT2D eigenvalue weighted by Gasteiger charge is 2.42. The summed E-state index contributed by atoms with van der Waals surface area (Å²) in [7, 11) is 0. The van der Waals surface area contributed by atoms with Gasteiger partial charge in [0.2, 0.25) is 11.8 Å². The molecule has 162 valence electrons. The molecular weight excluding hydrogens is 408 g/mol. The molecule has 0 spiro atoms. The molecule has 0 aromatic heterocycles. The lowest BCUT2D eigenvalue weighted by molar-refractivity contribution is -0.149. The zero-order valence-corrected chi connectivity index (χ0v) is 16.4. The van der Waals surface area contributed by atoms with Crippen molar-refractivity contribution in [2.24, 2.45) is 5.11 Å². The van der Waals surface area contributed by atoms with Crippen molar-refractivity contribution in [3.05, 3.63) is 46.5 Å². The lowest BCUT2D eigenvalue weighted by Crippen LogP contribution is -2.54. The Hall–Kier alpha value is -3.89. The predicted octanol–water partition coefficient (Wildman–Crippen LogP) is 0.862. The second kappa shape index (κ2) is 10.2. The van der Waals surface area contributed by atoms with Crippen LogP contribution in [-0.4, -0.2) is 60.9 Å². The molecule has 2 N–H and O–H groups in total. The molecule has 1 unspecified atom stereocenters. The smallest absolute Gasteiger partial charge is 0.278 e. The second-order valence-electron chi connectivity index (χ2n) is 6.61. The van der Waals surface area contributed by atoms with Crippen molar-refractivity contribution in [3.63, 3.8) is 0 Å². The number of benzene rings is 1. The van der Waals surface area contributed by atoms with Crippen LogP contribution in [-0.2, 0) is 23.9 Å². The normalized spacial score (nSPS) is 18.4. The standard InChI is InChI=1S/C19H20N6O6/c20-24-21-6-7-30-8-9-31-13-3-1-2-12(10-13)22-14-11-17(27)25(19(14)29)15-4-5-16(26)23-18(15)28/h1-3,10-11,15,22H,4-9H2,(H,23,26,28). The summed E-state index contributed by atoms with van der Waals surface area (Å²) in [4.78, 5) is 51.8. The Morgan fingerprint density at radius 1 is 1.23 bits per heavy atom. The number of hydrogen-bond donors (Lipinski definition) is 2. The molecule has 1 saturated heterocycles. The molecular formula is C19H20N6O6. The number of imide groups is 2. The van der Waals surface area contributed by atoms with E-state index in [4.69, 9.17) is 15.0 Å². The summed E-state index contributed by atoms with van der Waals surface area (Å²) < 4.78 is 10.8. The van der Waals surface area contributed by atoms with Crippen LogP contribution in [0.25, 0.3) is 10.4 Å². The van der Waals surface area contributed by atoms with Crippen molar-refractivity contribution in [3.8, 4) is 5.75 Å². The lowest BCUT2D eigenvalue weighted by Gasteiger charge is -2.28. The number of piperidine rings is 1. The average Bonchev–Trinajstić information content (AvgIpc) is 3.01. The molecule has 0 aliphatic carbocycles. The molecule has 0 bridgehead atoms. The number of nitrogens with zero attached hydrogens (tertiary/aromatic N) is 4. The molecule has 31 heavy (non-hydrogen) atoms. The fourth-order valence-electron chi connectivity index (χ4n) is 3.09. The van der Waals surface area contributed by atoms with Gasteiger partial charge in [0, 0.05) is 35.7 Å². The Morgan fingerprint density at radius 3 is 2.84 bits per heavy atom. The summed E-state index contributed by atoms with van der Waals surface area (Å²) in [6.07, 6.45) is 1.28. The van der Waals surface area contributed by atoms with Crippen molar-refractivity contribution in [2.45, 2.75) is 18.9 Å². The first-order valence-corrected chi connectivity index (χ1v) is 9.51. The molecule has 0 radical (unpaired) electrons. The molecule has 1 fully saturated rings. The van der Waals surface area contributed by atoms with E-state index in [2.05, 4.69) is 20.7 Å². The van der Waals surface area contributed by atoms with Gasteiger partial charge in [0.05, 0.1) is 13.2 Å². The maximum absolute atomic E-state index is 12.7. The predicted molar refractivity (Wildman–Crippen MR) is 106 cm³/mol. The molecule has 1 atom stereocenters. The van der Waals surface area contributed by atoms with E-state index in [0.717, 1.165) is 11.0 Å². The molecule has 2 aliphatic heterocycles. The van der Waals surface area contributed by atoms with Crippen molar-refractivity contribution in [1.29, 1.82) is 0 Å². The van der Waals surface area contributed by atoms with Gasteiger partial charge in [0.1, 0.15) is 24.1 Å². The van der Waals surface area contributed by atoms with Crippen LogP contribution in [0.1, 0.15) is 12.8 Å².